The number of benzene rings is 3. The summed E-state index contributed by atoms with van der Waals surface area (Å²) in [5, 5.41) is 8.10. The first-order chi connectivity index (χ1) is 16.0. The van der Waals surface area contributed by atoms with Crippen molar-refractivity contribution in [2.45, 2.75) is 26.8 Å². The second kappa shape index (κ2) is 8.39. The molecule has 0 saturated carbocycles. The van der Waals surface area contributed by atoms with Crippen LogP contribution in [-0.2, 0) is 0 Å². The lowest BCUT2D eigenvalue weighted by atomic mass is 9.98. The predicted molar refractivity (Wildman–Crippen MR) is 129 cm³/mol. The Morgan fingerprint density at radius 2 is 1.73 bits per heavy atom. The van der Waals surface area contributed by atoms with Gasteiger partial charge < -0.3 is 14.3 Å². The average Bonchev–Trinajstić information content (AvgIpc) is 3.37. The number of aryl methyl sites for hydroxylation is 1. The van der Waals surface area contributed by atoms with Gasteiger partial charge >= 0.3 is 0 Å². The molecule has 0 radical (unpaired) electrons. The molecule has 5 rings (SSSR count). The molecule has 0 bridgehead atoms. The van der Waals surface area contributed by atoms with Crippen LogP contribution >= 0.6 is 0 Å². The lowest BCUT2D eigenvalue weighted by Crippen LogP contribution is -2.12. The highest BCUT2D eigenvalue weighted by atomic mass is 16.5. The van der Waals surface area contributed by atoms with E-state index >= 15 is 0 Å². The summed E-state index contributed by atoms with van der Waals surface area (Å²) in [6, 6.07) is 21.3. The van der Waals surface area contributed by atoms with Crippen LogP contribution in [0.15, 0.2) is 86.9 Å². The van der Waals surface area contributed by atoms with Crippen molar-refractivity contribution < 1.29 is 8.94 Å². The van der Waals surface area contributed by atoms with Crippen LogP contribution in [0.3, 0.4) is 0 Å². The lowest BCUT2D eigenvalue weighted by molar-refractivity contribution is 0.419. The van der Waals surface area contributed by atoms with Crippen LogP contribution in [0.4, 0.5) is 5.69 Å². The number of nitrogens with zero attached hydrogens (tertiary/aromatic N) is 2. The van der Waals surface area contributed by atoms with Gasteiger partial charge in [0.1, 0.15) is 11.3 Å². The first kappa shape index (κ1) is 20.7. The van der Waals surface area contributed by atoms with Crippen LogP contribution in [0.25, 0.3) is 33.7 Å². The standard InChI is InChI=1S/C27H23N3O3/c1-16-13-21(18(3)29-23-12-8-7-11-20(23)27-28-15-32-30-27)26-22(14-16)24(31)17(2)25(33-26)19-9-5-4-6-10-19/h4-15,18,29H,1-3H3/t18-/m1/s1. The number of rotatable bonds is 5. The Kier molecular flexibility index (Phi) is 5.26. The first-order valence-electron chi connectivity index (χ1n) is 10.8. The van der Waals surface area contributed by atoms with Crippen LogP contribution in [0.2, 0.25) is 0 Å². The SMILES string of the molecule is Cc1cc([C@@H](C)Nc2ccccc2-c2ncon2)c2oc(-c3ccccc3)c(C)c(=O)c2c1. The largest absolute Gasteiger partial charge is 0.455 e. The molecule has 2 heterocycles. The molecule has 0 aliphatic heterocycles. The normalized spacial score (nSPS) is 12.1. The first-order valence-corrected chi connectivity index (χ1v) is 10.8. The summed E-state index contributed by atoms with van der Waals surface area (Å²) < 4.78 is 11.4. The molecule has 0 aliphatic carbocycles. The Labute approximate surface area is 190 Å². The van der Waals surface area contributed by atoms with Gasteiger partial charge in [0, 0.05) is 27.9 Å². The van der Waals surface area contributed by atoms with Crippen LogP contribution in [0.1, 0.15) is 29.7 Å². The molecule has 0 fully saturated rings. The van der Waals surface area contributed by atoms with Crippen molar-refractivity contribution in [3.63, 3.8) is 0 Å². The Morgan fingerprint density at radius 3 is 2.48 bits per heavy atom. The summed E-state index contributed by atoms with van der Waals surface area (Å²) in [6.45, 7) is 5.85. The maximum Gasteiger partial charge on any atom is 0.214 e. The van der Waals surface area contributed by atoms with E-state index in [4.69, 9.17) is 8.94 Å². The molecule has 0 spiro atoms. The quantitative estimate of drug-likeness (QED) is 0.347. The lowest BCUT2D eigenvalue weighted by Gasteiger charge is -2.20. The molecular weight excluding hydrogens is 414 g/mol. The monoisotopic (exact) mass is 437 g/mol. The molecule has 3 aromatic carbocycles. The Balaban J connectivity index is 1.64. The van der Waals surface area contributed by atoms with Crippen molar-refractivity contribution in [1.82, 2.24) is 10.1 Å². The fourth-order valence-corrected chi connectivity index (χ4v) is 4.16. The molecule has 6 nitrogen and oxygen atoms in total. The van der Waals surface area contributed by atoms with Gasteiger partial charge in [-0.15, -0.1) is 0 Å². The van der Waals surface area contributed by atoms with Gasteiger partial charge in [-0.05, 0) is 44.5 Å². The fourth-order valence-electron chi connectivity index (χ4n) is 4.16. The van der Waals surface area contributed by atoms with E-state index in [1.54, 1.807) is 0 Å². The van der Waals surface area contributed by atoms with Gasteiger partial charge in [0.2, 0.25) is 12.2 Å². The number of para-hydroxylation sites is 1. The van der Waals surface area contributed by atoms with Crippen molar-refractivity contribution >= 4 is 16.7 Å². The van der Waals surface area contributed by atoms with E-state index in [-0.39, 0.29) is 11.5 Å². The van der Waals surface area contributed by atoms with E-state index in [9.17, 15) is 4.79 Å². The third-order valence-electron chi connectivity index (χ3n) is 5.80. The number of nitrogens with one attached hydrogen (secondary N) is 1. The van der Waals surface area contributed by atoms with Crippen LogP contribution in [-0.4, -0.2) is 10.1 Å². The van der Waals surface area contributed by atoms with Crippen molar-refractivity contribution in [3.8, 4) is 22.7 Å². The molecule has 0 saturated heterocycles. The number of fused-ring (bicyclic) bond motifs is 1. The third-order valence-corrected chi connectivity index (χ3v) is 5.80. The molecule has 5 aromatic rings. The summed E-state index contributed by atoms with van der Waals surface area (Å²) in [5.74, 6) is 1.10. The van der Waals surface area contributed by atoms with Crippen molar-refractivity contribution in [3.05, 3.63) is 100 Å². The van der Waals surface area contributed by atoms with Gasteiger partial charge in [-0.2, -0.15) is 4.98 Å². The molecular formula is C27H23N3O3. The zero-order chi connectivity index (χ0) is 22.9. The van der Waals surface area contributed by atoms with Crippen LogP contribution in [0, 0.1) is 13.8 Å². The molecule has 2 aromatic heterocycles. The van der Waals surface area contributed by atoms with Gasteiger partial charge in [0.05, 0.1) is 11.4 Å². The highest BCUT2D eigenvalue weighted by Crippen LogP contribution is 2.34. The van der Waals surface area contributed by atoms with Gasteiger partial charge in [-0.3, -0.25) is 4.79 Å². The molecule has 0 aliphatic rings. The Bertz CT molecular complexity index is 1490. The Morgan fingerprint density at radius 1 is 0.970 bits per heavy atom. The number of anilines is 1. The Hall–Kier alpha value is -4.19. The minimum Gasteiger partial charge on any atom is -0.455 e. The van der Waals surface area contributed by atoms with Crippen molar-refractivity contribution in [2.24, 2.45) is 0 Å². The predicted octanol–water partition coefficient (Wildman–Crippen LogP) is 6.30. The van der Waals surface area contributed by atoms with Crippen molar-refractivity contribution in [1.29, 1.82) is 0 Å². The molecule has 0 unspecified atom stereocenters. The van der Waals surface area contributed by atoms with E-state index in [0.29, 0.717) is 28.1 Å². The van der Waals surface area contributed by atoms with Crippen LogP contribution in [0.5, 0.6) is 0 Å². The molecule has 6 heteroatoms. The van der Waals surface area contributed by atoms with E-state index in [2.05, 4.69) is 21.5 Å². The second-order valence-corrected chi connectivity index (χ2v) is 8.15. The van der Waals surface area contributed by atoms with Crippen LogP contribution < -0.4 is 10.7 Å². The van der Waals surface area contributed by atoms with E-state index in [0.717, 1.165) is 27.9 Å². The highest BCUT2D eigenvalue weighted by molar-refractivity contribution is 5.85. The van der Waals surface area contributed by atoms with Gasteiger partial charge in [-0.25, -0.2) is 0 Å². The molecule has 164 valence electrons. The van der Waals surface area contributed by atoms with Gasteiger partial charge in [-0.1, -0.05) is 53.7 Å². The molecule has 1 N–H and O–H groups in total. The summed E-state index contributed by atoms with van der Waals surface area (Å²) in [6.07, 6.45) is 1.31. The van der Waals surface area contributed by atoms with Gasteiger partial charge in [0.25, 0.3) is 0 Å². The zero-order valence-corrected chi connectivity index (χ0v) is 18.6. The smallest absolute Gasteiger partial charge is 0.214 e. The molecule has 1 atom stereocenters. The number of hydrogen-bond acceptors (Lipinski definition) is 6. The van der Waals surface area contributed by atoms with Gasteiger partial charge in [0.15, 0.2) is 5.43 Å². The second-order valence-electron chi connectivity index (χ2n) is 8.15. The zero-order valence-electron chi connectivity index (χ0n) is 18.6. The highest BCUT2D eigenvalue weighted by Gasteiger charge is 2.20. The summed E-state index contributed by atoms with van der Waals surface area (Å²) >= 11 is 0. The van der Waals surface area contributed by atoms with E-state index in [1.165, 1.54) is 6.39 Å². The topological polar surface area (TPSA) is 81.2 Å². The maximum absolute atomic E-state index is 13.3. The molecule has 0 amide bonds. The number of aromatic nitrogens is 2. The third kappa shape index (κ3) is 3.80. The number of hydrogen-bond donors (Lipinski definition) is 1. The fraction of sp³-hybridized carbons (Fsp3) is 0.148. The van der Waals surface area contributed by atoms with E-state index < -0.39 is 0 Å². The maximum atomic E-state index is 13.3. The molecule has 33 heavy (non-hydrogen) atoms. The average molecular weight is 437 g/mol. The summed E-state index contributed by atoms with van der Waals surface area (Å²) in [4.78, 5) is 17.5. The summed E-state index contributed by atoms with van der Waals surface area (Å²) in [5.41, 5.74) is 5.65. The minimum atomic E-state index is -0.157. The minimum absolute atomic E-state index is 0.0144. The summed E-state index contributed by atoms with van der Waals surface area (Å²) in [7, 11) is 0. The van der Waals surface area contributed by atoms with E-state index in [1.807, 2.05) is 81.4 Å². The van der Waals surface area contributed by atoms with Crippen molar-refractivity contribution in [2.75, 3.05) is 5.32 Å².